The molecule has 0 spiro atoms. The Morgan fingerprint density at radius 1 is 1.29 bits per heavy atom. The lowest BCUT2D eigenvalue weighted by molar-refractivity contribution is -0.0704. The Kier molecular flexibility index (Phi) is 4.07. The van der Waals surface area contributed by atoms with E-state index in [0.29, 0.717) is 12.2 Å². The van der Waals surface area contributed by atoms with E-state index in [1.165, 1.54) is 5.56 Å². The quantitative estimate of drug-likeness (QED) is 0.853. The van der Waals surface area contributed by atoms with Crippen molar-refractivity contribution in [3.63, 3.8) is 0 Å². The number of hydrogen-bond acceptors (Lipinski definition) is 3. The molecule has 0 aromatic heterocycles. The van der Waals surface area contributed by atoms with E-state index < -0.39 is 0 Å². The number of nitrogen functional groups attached to an aromatic ring is 1. The molecule has 2 N–H and O–H groups in total. The molecule has 1 aromatic carbocycles. The van der Waals surface area contributed by atoms with Gasteiger partial charge in [-0.2, -0.15) is 0 Å². The highest BCUT2D eigenvalue weighted by atomic mass is 79.9. The highest BCUT2D eigenvalue weighted by Gasteiger charge is 2.22. The van der Waals surface area contributed by atoms with Gasteiger partial charge in [-0.05, 0) is 37.6 Å². The highest BCUT2D eigenvalue weighted by Crippen LogP contribution is 2.20. The van der Waals surface area contributed by atoms with Gasteiger partial charge in [0.25, 0.3) is 0 Å². The fourth-order valence-electron chi connectivity index (χ4n) is 2.44. The first-order valence-electron chi connectivity index (χ1n) is 5.95. The Labute approximate surface area is 111 Å². The van der Waals surface area contributed by atoms with Crippen molar-refractivity contribution in [3.05, 3.63) is 28.2 Å². The van der Waals surface area contributed by atoms with Gasteiger partial charge in [0.05, 0.1) is 12.2 Å². The van der Waals surface area contributed by atoms with Crippen molar-refractivity contribution in [1.82, 2.24) is 4.90 Å². The molecule has 1 heterocycles. The maximum absolute atomic E-state index is 5.85. The number of morpholine rings is 1. The first-order chi connectivity index (χ1) is 8.02. The second-order valence-electron chi connectivity index (χ2n) is 4.84. The fourth-order valence-corrected chi connectivity index (χ4v) is 3.00. The van der Waals surface area contributed by atoms with E-state index in [2.05, 4.69) is 40.7 Å². The van der Waals surface area contributed by atoms with Crippen molar-refractivity contribution in [3.8, 4) is 0 Å². The van der Waals surface area contributed by atoms with Gasteiger partial charge in [0.1, 0.15) is 0 Å². The molecule has 0 aliphatic carbocycles. The number of ether oxygens (including phenoxy) is 1. The summed E-state index contributed by atoms with van der Waals surface area (Å²) in [6.45, 7) is 7.14. The minimum atomic E-state index is 0.309. The van der Waals surface area contributed by atoms with Crippen LogP contribution in [0.5, 0.6) is 0 Å². The molecule has 17 heavy (non-hydrogen) atoms. The van der Waals surface area contributed by atoms with Crippen molar-refractivity contribution in [2.45, 2.75) is 32.6 Å². The first kappa shape index (κ1) is 12.9. The van der Waals surface area contributed by atoms with E-state index >= 15 is 0 Å². The third kappa shape index (κ3) is 3.69. The molecule has 1 fully saturated rings. The van der Waals surface area contributed by atoms with E-state index in [9.17, 15) is 0 Å². The molecule has 94 valence electrons. The standard InChI is InChI=1S/C13H19BrN2O/c1-9-6-16(7-10(2)17-9)8-11-3-12(14)5-13(15)4-11/h3-5,9-10H,6-8,15H2,1-2H3. The second-order valence-corrected chi connectivity index (χ2v) is 5.76. The molecule has 1 aromatic rings. The Morgan fingerprint density at radius 2 is 1.94 bits per heavy atom. The number of nitrogens with zero attached hydrogens (tertiary/aromatic N) is 1. The third-order valence-electron chi connectivity index (χ3n) is 2.88. The average Bonchev–Trinajstić information content (AvgIpc) is 2.13. The predicted molar refractivity (Wildman–Crippen MR) is 73.8 cm³/mol. The number of hydrogen-bond donors (Lipinski definition) is 1. The molecule has 4 heteroatoms. The lowest BCUT2D eigenvalue weighted by Crippen LogP contribution is -2.44. The summed E-state index contributed by atoms with van der Waals surface area (Å²) in [6, 6.07) is 6.09. The van der Waals surface area contributed by atoms with E-state index in [1.807, 2.05) is 12.1 Å². The minimum absolute atomic E-state index is 0.309. The van der Waals surface area contributed by atoms with Gasteiger partial charge in [-0.3, -0.25) is 4.90 Å². The Balaban J connectivity index is 2.04. The molecule has 2 unspecified atom stereocenters. The lowest BCUT2D eigenvalue weighted by atomic mass is 10.1. The van der Waals surface area contributed by atoms with Crippen LogP contribution in [-0.4, -0.2) is 30.2 Å². The smallest absolute Gasteiger partial charge is 0.0678 e. The molecule has 3 nitrogen and oxygen atoms in total. The number of rotatable bonds is 2. The van der Waals surface area contributed by atoms with Crippen LogP contribution < -0.4 is 5.73 Å². The fraction of sp³-hybridized carbons (Fsp3) is 0.538. The Hall–Kier alpha value is -0.580. The predicted octanol–water partition coefficient (Wildman–Crippen LogP) is 2.64. The normalized spacial score (nSPS) is 26.1. The summed E-state index contributed by atoms with van der Waals surface area (Å²) in [5.74, 6) is 0. The molecule has 0 amide bonds. The van der Waals surface area contributed by atoms with Crippen LogP contribution in [-0.2, 0) is 11.3 Å². The van der Waals surface area contributed by atoms with Crippen LogP contribution >= 0.6 is 15.9 Å². The third-order valence-corrected chi connectivity index (χ3v) is 3.34. The van der Waals surface area contributed by atoms with E-state index in [4.69, 9.17) is 10.5 Å². The van der Waals surface area contributed by atoms with Crippen LogP contribution in [0, 0.1) is 0 Å². The van der Waals surface area contributed by atoms with Crippen molar-refractivity contribution in [2.24, 2.45) is 0 Å². The van der Waals surface area contributed by atoms with Crippen molar-refractivity contribution < 1.29 is 4.74 Å². The molecule has 1 aliphatic heterocycles. The summed E-state index contributed by atoms with van der Waals surface area (Å²) in [5.41, 5.74) is 7.90. The van der Waals surface area contributed by atoms with Crippen LogP contribution in [0.25, 0.3) is 0 Å². The topological polar surface area (TPSA) is 38.5 Å². The number of anilines is 1. The van der Waals surface area contributed by atoms with E-state index in [-0.39, 0.29) is 0 Å². The van der Waals surface area contributed by atoms with Crippen molar-refractivity contribution in [2.75, 3.05) is 18.8 Å². The van der Waals surface area contributed by atoms with Crippen LogP contribution in [0.3, 0.4) is 0 Å². The minimum Gasteiger partial charge on any atom is -0.399 e. The van der Waals surface area contributed by atoms with Gasteiger partial charge in [0.2, 0.25) is 0 Å². The zero-order valence-corrected chi connectivity index (χ0v) is 11.9. The molecule has 1 saturated heterocycles. The summed E-state index contributed by atoms with van der Waals surface area (Å²) in [7, 11) is 0. The van der Waals surface area contributed by atoms with Crippen LogP contribution in [0.4, 0.5) is 5.69 Å². The Morgan fingerprint density at radius 3 is 2.53 bits per heavy atom. The summed E-state index contributed by atoms with van der Waals surface area (Å²) < 4.78 is 6.77. The summed E-state index contributed by atoms with van der Waals surface area (Å²) in [6.07, 6.45) is 0.617. The maximum Gasteiger partial charge on any atom is 0.0678 e. The SMILES string of the molecule is CC1CN(Cc2cc(N)cc(Br)c2)CC(C)O1. The van der Waals surface area contributed by atoms with Crippen LogP contribution in [0.15, 0.2) is 22.7 Å². The molecule has 0 radical (unpaired) electrons. The molecular weight excluding hydrogens is 280 g/mol. The van der Waals surface area contributed by atoms with Crippen molar-refractivity contribution in [1.29, 1.82) is 0 Å². The largest absolute Gasteiger partial charge is 0.399 e. The molecule has 2 rings (SSSR count). The molecule has 0 bridgehead atoms. The number of nitrogens with two attached hydrogens (primary N) is 1. The van der Waals surface area contributed by atoms with Gasteiger partial charge in [0, 0.05) is 29.8 Å². The molecule has 2 atom stereocenters. The average molecular weight is 299 g/mol. The van der Waals surface area contributed by atoms with Gasteiger partial charge < -0.3 is 10.5 Å². The van der Waals surface area contributed by atoms with E-state index in [1.54, 1.807) is 0 Å². The second kappa shape index (κ2) is 5.38. The number of halogens is 1. The Bertz CT molecular complexity index is 367. The van der Waals surface area contributed by atoms with E-state index in [0.717, 1.165) is 29.8 Å². The van der Waals surface area contributed by atoms with Crippen LogP contribution in [0.2, 0.25) is 0 Å². The zero-order chi connectivity index (χ0) is 12.4. The molecule has 0 saturated carbocycles. The maximum atomic E-state index is 5.85. The van der Waals surface area contributed by atoms with Crippen LogP contribution in [0.1, 0.15) is 19.4 Å². The summed E-state index contributed by atoms with van der Waals surface area (Å²) in [4.78, 5) is 2.42. The number of benzene rings is 1. The monoisotopic (exact) mass is 298 g/mol. The highest BCUT2D eigenvalue weighted by molar-refractivity contribution is 9.10. The molecule has 1 aliphatic rings. The summed E-state index contributed by atoms with van der Waals surface area (Å²) in [5, 5.41) is 0. The van der Waals surface area contributed by atoms with Gasteiger partial charge in [-0.15, -0.1) is 0 Å². The summed E-state index contributed by atoms with van der Waals surface area (Å²) >= 11 is 3.48. The van der Waals surface area contributed by atoms with Gasteiger partial charge in [-0.1, -0.05) is 15.9 Å². The first-order valence-corrected chi connectivity index (χ1v) is 6.75. The van der Waals surface area contributed by atoms with Gasteiger partial charge in [0.15, 0.2) is 0 Å². The van der Waals surface area contributed by atoms with Gasteiger partial charge in [-0.25, -0.2) is 0 Å². The van der Waals surface area contributed by atoms with Crippen molar-refractivity contribution >= 4 is 21.6 Å². The molecular formula is C13H19BrN2O. The lowest BCUT2D eigenvalue weighted by Gasteiger charge is -2.35. The van der Waals surface area contributed by atoms with Gasteiger partial charge >= 0.3 is 0 Å². The zero-order valence-electron chi connectivity index (χ0n) is 10.3.